The van der Waals surface area contributed by atoms with E-state index in [0.717, 1.165) is 5.56 Å². The largest absolute Gasteiger partial charge is 0.427 e. The summed E-state index contributed by atoms with van der Waals surface area (Å²) >= 11 is 0. The van der Waals surface area contributed by atoms with Crippen LogP contribution in [0.5, 0.6) is 11.5 Å². The molecule has 0 aliphatic rings. The van der Waals surface area contributed by atoms with Gasteiger partial charge in [-0.05, 0) is 30.7 Å². The summed E-state index contributed by atoms with van der Waals surface area (Å²) in [5.74, 6) is -0.272. The Hall–Kier alpha value is -3.48. The second-order valence-corrected chi connectivity index (χ2v) is 5.68. The molecule has 0 spiro atoms. The van der Waals surface area contributed by atoms with Crippen LogP contribution in [-0.4, -0.2) is 11.9 Å². The molecule has 3 rings (SSSR count). The Morgan fingerprint density at radius 3 is 2.46 bits per heavy atom. The molecule has 1 N–H and O–H groups in total. The molecule has 132 valence electrons. The van der Waals surface area contributed by atoms with Gasteiger partial charge in [0, 0.05) is 19.9 Å². The van der Waals surface area contributed by atoms with Crippen LogP contribution in [-0.2, 0) is 9.59 Å². The first-order valence-corrected chi connectivity index (χ1v) is 7.82. The van der Waals surface area contributed by atoms with Crippen LogP contribution < -0.4 is 20.0 Å². The van der Waals surface area contributed by atoms with Crippen molar-refractivity contribution in [3.63, 3.8) is 0 Å². The van der Waals surface area contributed by atoms with Gasteiger partial charge in [0.15, 0.2) is 5.58 Å². The molecule has 0 aliphatic carbocycles. The number of carbonyl (C=O) groups is 2. The zero-order valence-electron chi connectivity index (χ0n) is 14.4. The lowest BCUT2D eigenvalue weighted by Crippen LogP contribution is -2.29. The van der Waals surface area contributed by atoms with Gasteiger partial charge in [0.1, 0.15) is 22.4 Å². The van der Waals surface area contributed by atoms with Gasteiger partial charge in [-0.2, -0.15) is 0 Å². The normalized spacial score (nSPS) is 10.6. The molecule has 3 aromatic rings. The Labute approximate surface area is 148 Å². The number of hydrogen-bond acceptors (Lipinski definition) is 6. The number of nitrogens with one attached hydrogen (secondary N) is 1. The molecule has 1 aromatic heterocycles. The van der Waals surface area contributed by atoms with E-state index in [0.29, 0.717) is 11.1 Å². The lowest BCUT2D eigenvalue weighted by molar-refractivity contribution is -0.396. The van der Waals surface area contributed by atoms with Crippen LogP contribution in [0.15, 0.2) is 45.6 Å². The summed E-state index contributed by atoms with van der Waals surface area (Å²) in [4.78, 5) is 37.5. The van der Waals surface area contributed by atoms with Crippen LogP contribution in [0, 0.1) is 6.92 Å². The molecule has 7 heteroatoms. The van der Waals surface area contributed by atoms with Gasteiger partial charge in [0.05, 0.1) is 0 Å². The third-order valence-corrected chi connectivity index (χ3v) is 3.61. The molecule has 0 unspecified atom stereocenters. The second-order valence-electron chi connectivity index (χ2n) is 5.68. The first-order valence-electron chi connectivity index (χ1n) is 7.82. The van der Waals surface area contributed by atoms with Crippen molar-refractivity contribution in [3.8, 4) is 23.0 Å². The number of aromatic amines is 1. The number of aromatic nitrogens is 1. The smallest absolute Gasteiger partial charge is 0.424 e. The molecule has 1 heterocycles. The lowest BCUT2D eigenvalue weighted by atomic mass is 10.1. The molecule has 7 nitrogen and oxygen atoms in total. The predicted octanol–water partition coefficient (Wildman–Crippen LogP) is 2.43. The van der Waals surface area contributed by atoms with Crippen molar-refractivity contribution in [2.45, 2.75) is 20.8 Å². The molecule has 2 aromatic carbocycles. The van der Waals surface area contributed by atoms with Crippen molar-refractivity contribution in [1.82, 2.24) is 0 Å². The van der Waals surface area contributed by atoms with Gasteiger partial charge in [0.25, 0.3) is 0 Å². The van der Waals surface area contributed by atoms with E-state index in [9.17, 15) is 14.4 Å². The number of H-pyrrole nitrogens is 1. The molecule has 0 atom stereocenters. The summed E-state index contributed by atoms with van der Waals surface area (Å²) in [6.07, 6.45) is 0. The fraction of sp³-hybridized carbons (Fsp3) is 0.158. The van der Waals surface area contributed by atoms with Gasteiger partial charge in [-0.3, -0.25) is 9.59 Å². The number of rotatable bonds is 3. The molecule has 0 radical (unpaired) electrons. The Kier molecular flexibility index (Phi) is 4.53. The van der Waals surface area contributed by atoms with Crippen molar-refractivity contribution in [2.75, 3.05) is 0 Å². The standard InChI is InChI=1S/C19H15NO6/c1-10-5-4-6-16(25-12(3)22)17(10)19-20-18(23)14-9-13(24-11(2)21)7-8-15(14)26-19/h4-9H,1-3H3/p+1. The Morgan fingerprint density at radius 1 is 1.04 bits per heavy atom. The van der Waals surface area contributed by atoms with E-state index < -0.39 is 17.5 Å². The fourth-order valence-electron chi connectivity index (χ4n) is 2.60. The van der Waals surface area contributed by atoms with Crippen LogP contribution in [0.2, 0.25) is 0 Å². The summed E-state index contributed by atoms with van der Waals surface area (Å²) in [5.41, 5.74) is 1.12. The van der Waals surface area contributed by atoms with Gasteiger partial charge >= 0.3 is 23.4 Å². The van der Waals surface area contributed by atoms with Crippen molar-refractivity contribution >= 4 is 22.9 Å². The number of esters is 2. The highest BCUT2D eigenvalue weighted by molar-refractivity contribution is 5.80. The van der Waals surface area contributed by atoms with Crippen molar-refractivity contribution in [3.05, 3.63) is 52.3 Å². The van der Waals surface area contributed by atoms with Gasteiger partial charge in [-0.1, -0.05) is 12.1 Å². The van der Waals surface area contributed by atoms with Crippen molar-refractivity contribution in [2.24, 2.45) is 0 Å². The zero-order chi connectivity index (χ0) is 18.8. The summed E-state index contributed by atoms with van der Waals surface area (Å²) in [6, 6.07) is 9.66. The molecule has 0 aliphatic heterocycles. The van der Waals surface area contributed by atoms with E-state index in [2.05, 4.69) is 4.98 Å². The van der Waals surface area contributed by atoms with Crippen LogP contribution >= 0.6 is 0 Å². The molecule has 0 fully saturated rings. The van der Waals surface area contributed by atoms with E-state index in [4.69, 9.17) is 13.9 Å². The SMILES string of the molecule is CC(=O)Oc1ccc2oc(-c3c(C)cccc3OC(C)=O)[nH+]c(=O)c2c1. The number of aryl methyl sites for hydroxylation is 1. The lowest BCUT2D eigenvalue weighted by Gasteiger charge is -2.08. The molecular formula is C19H16NO6+. The third kappa shape index (κ3) is 3.46. The number of fused-ring (bicyclic) bond motifs is 1. The minimum absolute atomic E-state index is 0.164. The van der Waals surface area contributed by atoms with Crippen LogP contribution in [0.3, 0.4) is 0 Å². The maximum absolute atomic E-state index is 12.5. The average molecular weight is 354 g/mol. The van der Waals surface area contributed by atoms with Gasteiger partial charge in [-0.15, -0.1) is 4.98 Å². The first kappa shape index (κ1) is 17.3. The topological polar surface area (TPSA) is 97.0 Å². The maximum Gasteiger partial charge on any atom is 0.424 e. The van der Waals surface area contributed by atoms with E-state index in [1.807, 2.05) is 13.0 Å². The minimum Gasteiger partial charge on any atom is -0.427 e. The van der Waals surface area contributed by atoms with Gasteiger partial charge in [0.2, 0.25) is 0 Å². The highest BCUT2D eigenvalue weighted by Gasteiger charge is 2.22. The number of benzene rings is 2. The summed E-state index contributed by atoms with van der Waals surface area (Å²) in [5, 5.41) is 0.232. The monoisotopic (exact) mass is 354 g/mol. The Bertz CT molecular complexity index is 1080. The van der Waals surface area contributed by atoms with E-state index in [-0.39, 0.29) is 22.8 Å². The quantitative estimate of drug-likeness (QED) is 0.529. The molecule has 0 saturated heterocycles. The van der Waals surface area contributed by atoms with Crippen LogP contribution in [0.1, 0.15) is 19.4 Å². The molecule has 0 amide bonds. The van der Waals surface area contributed by atoms with E-state index in [1.54, 1.807) is 12.1 Å². The fourth-order valence-corrected chi connectivity index (χ4v) is 2.60. The van der Waals surface area contributed by atoms with Crippen molar-refractivity contribution in [1.29, 1.82) is 0 Å². The van der Waals surface area contributed by atoms with Crippen molar-refractivity contribution < 1.29 is 28.5 Å². The number of carbonyl (C=O) groups excluding carboxylic acids is 2. The van der Waals surface area contributed by atoms with Gasteiger partial charge < -0.3 is 13.9 Å². The first-order chi connectivity index (χ1) is 12.3. The molecule has 26 heavy (non-hydrogen) atoms. The van der Waals surface area contributed by atoms with E-state index >= 15 is 0 Å². The molecule has 0 saturated carbocycles. The molecular weight excluding hydrogens is 338 g/mol. The molecule has 0 bridgehead atoms. The number of ether oxygens (including phenoxy) is 2. The number of hydrogen-bond donors (Lipinski definition) is 0. The zero-order valence-corrected chi connectivity index (χ0v) is 14.4. The van der Waals surface area contributed by atoms with Crippen LogP contribution in [0.4, 0.5) is 0 Å². The summed E-state index contributed by atoms with van der Waals surface area (Å²) < 4.78 is 16.0. The predicted molar refractivity (Wildman–Crippen MR) is 91.8 cm³/mol. The van der Waals surface area contributed by atoms with Gasteiger partial charge in [-0.25, -0.2) is 4.79 Å². The average Bonchev–Trinajstić information content (AvgIpc) is 2.54. The Balaban J connectivity index is 2.18. The van der Waals surface area contributed by atoms with Crippen LogP contribution in [0.25, 0.3) is 22.4 Å². The third-order valence-electron chi connectivity index (χ3n) is 3.61. The second kappa shape index (κ2) is 6.79. The summed E-state index contributed by atoms with van der Waals surface area (Å²) in [6.45, 7) is 4.38. The highest BCUT2D eigenvalue weighted by atomic mass is 16.5. The minimum atomic E-state index is -0.486. The summed E-state index contributed by atoms with van der Waals surface area (Å²) in [7, 11) is 0. The Morgan fingerprint density at radius 2 is 1.77 bits per heavy atom. The maximum atomic E-state index is 12.5. The highest BCUT2D eigenvalue weighted by Crippen LogP contribution is 2.32. The van der Waals surface area contributed by atoms with E-state index in [1.165, 1.54) is 32.0 Å².